The molecule has 1 radical (unpaired) electrons. The second kappa shape index (κ2) is 12.3. The van der Waals surface area contributed by atoms with Gasteiger partial charge in [-0.3, -0.25) is 42.5 Å². The van der Waals surface area contributed by atoms with Crippen molar-refractivity contribution < 1.29 is 17.1 Å². The molecular weight excluding hydrogens is 588 g/mol. The second-order valence-electron chi connectivity index (χ2n) is 15.8. The minimum atomic E-state index is 0. The molecule has 5 heterocycles. The van der Waals surface area contributed by atoms with Crippen LogP contribution in [0.4, 0.5) is 0 Å². The maximum absolute atomic E-state index is 10.2. The van der Waals surface area contributed by atoms with Gasteiger partial charge in [0.15, 0.2) is 0 Å². The van der Waals surface area contributed by atoms with E-state index in [1.165, 1.54) is 83.5 Å². The van der Waals surface area contributed by atoms with E-state index < -0.39 is 0 Å². The first-order valence-electron chi connectivity index (χ1n) is 18.2. The molecule has 8 N–H and O–H groups in total. The molecule has 43 heavy (non-hydrogen) atoms. The molecule has 8 bridgehead atoms. The van der Waals surface area contributed by atoms with Crippen molar-refractivity contribution in [1.82, 2.24) is 42.5 Å². The quantitative estimate of drug-likeness (QED) is 0.149. The second-order valence-corrected chi connectivity index (χ2v) is 15.8. The van der Waals surface area contributed by atoms with Gasteiger partial charge >= 0.3 is 6.04 Å². The first-order valence-corrected chi connectivity index (χ1v) is 18.2. The Bertz CT molecular complexity index is 1040. The average molecular weight is 643 g/mol. The Morgan fingerprint density at radius 1 is 0.349 bits per heavy atom. The van der Waals surface area contributed by atoms with Gasteiger partial charge in [0.05, 0.1) is 55.2 Å². The van der Waals surface area contributed by atoms with Crippen LogP contribution in [0.3, 0.4) is 0 Å². The van der Waals surface area contributed by atoms with E-state index in [-0.39, 0.29) is 41.6 Å². The van der Waals surface area contributed by atoms with Crippen molar-refractivity contribution in [3.63, 3.8) is 0 Å². The minimum absolute atomic E-state index is 0. The topological polar surface area (TPSA) is 124 Å². The van der Waals surface area contributed by atoms with E-state index in [2.05, 4.69) is 47.5 Å². The molecule has 9 fully saturated rings. The van der Waals surface area contributed by atoms with Gasteiger partial charge in [0.2, 0.25) is 5.39 Å². The van der Waals surface area contributed by atoms with Crippen LogP contribution >= 0.6 is 0 Å². The molecule has 0 aromatic rings. The Labute approximate surface area is 268 Å². The molecule has 11 heteroatoms. The summed E-state index contributed by atoms with van der Waals surface area (Å²) in [6.45, 7) is 0. The molecule has 17 unspecified atom stereocenters. The van der Waals surface area contributed by atoms with Crippen LogP contribution in [0.5, 0.6) is 0 Å². The van der Waals surface area contributed by atoms with Gasteiger partial charge < -0.3 is 0 Å². The number of diazo groups is 1. The molecule has 4 saturated carbocycles. The smallest absolute Gasteiger partial charge is 0.286 e. The standard InChI is InChI=1S/C32H55N10.Cu/c33-42-23-15-7-14-22-24(23)32-40-30-21-13-6-5-12-20(21)28(38-30)36-26-17-9-2-1-8-16(17)25(34-26)35-27-18-10-3-4-11-19(18)29(37-27)39-31(22)41-32;/h16-32,34-41H,1-15H2;/q+1;. The van der Waals surface area contributed by atoms with E-state index in [1.807, 2.05) is 0 Å². The third kappa shape index (κ3) is 5.15. The maximum atomic E-state index is 10.2. The number of nitrogens with zero attached hydrogens (tertiary/aromatic N) is 2. The molecule has 243 valence electrons. The fourth-order valence-electron chi connectivity index (χ4n) is 12.2. The van der Waals surface area contributed by atoms with Crippen LogP contribution in [0.2, 0.25) is 0 Å². The molecule has 5 aliphatic heterocycles. The molecule has 9 rings (SSSR count). The normalized spacial score (nSPS) is 55.7. The summed E-state index contributed by atoms with van der Waals surface area (Å²) in [6, 6.07) is 0.0108. The van der Waals surface area contributed by atoms with Gasteiger partial charge in [-0.15, -0.1) is 0 Å². The molecule has 5 saturated heterocycles. The van der Waals surface area contributed by atoms with E-state index in [4.69, 9.17) is 0 Å². The number of rotatable bonds is 0. The summed E-state index contributed by atoms with van der Waals surface area (Å²) in [4.78, 5) is 4.00. The van der Waals surface area contributed by atoms with Crippen LogP contribution in [-0.4, -0.2) is 55.4 Å². The summed E-state index contributed by atoms with van der Waals surface area (Å²) in [6.07, 6.45) is 21.8. The molecule has 0 aromatic carbocycles. The molecule has 0 amide bonds. The van der Waals surface area contributed by atoms with Gasteiger partial charge in [0.25, 0.3) is 0 Å². The van der Waals surface area contributed by atoms with Crippen molar-refractivity contribution in [2.24, 2.45) is 47.3 Å². The number of nitrogens with one attached hydrogen (secondary N) is 8. The van der Waals surface area contributed by atoms with E-state index >= 15 is 0 Å². The van der Waals surface area contributed by atoms with Crippen LogP contribution in [0.15, 0.2) is 0 Å². The number of fused-ring (bicyclic) bond motifs is 20. The fourth-order valence-corrected chi connectivity index (χ4v) is 12.2. The van der Waals surface area contributed by atoms with Crippen molar-refractivity contribution in [1.29, 1.82) is 5.39 Å². The minimum Gasteiger partial charge on any atom is -0.286 e. The molecule has 0 aromatic heterocycles. The van der Waals surface area contributed by atoms with Crippen LogP contribution in [0.1, 0.15) is 96.3 Å². The van der Waals surface area contributed by atoms with Crippen molar-refractivity contribution in [2.45, 2.75) is 152 Å². The van der Waals surface area contributed by atoms with Crippen LogP contribution in [0.25, 0.3) is 4.98 Å². The molecule has 10 nitrogen and oxygen atoms in total. The zero-order valence-electron chi connectivity index (χ0n) is 25.6. The number of hydrogen-bond donors (Lipinski definition) is 8. The predicted molar refractivity (Wildman–Crippen MR) is 161 cm³/mol. The molecule has 9 aliphatic rings. The van der Waals surface area contributed by atoms with Gasteiger partial charge in [-0.05, 0) is 86.9 Å². The van der Waals surface area contributed by atoms with Crippen LogP contribution in [0, 0.1) is 52.7 Å². The Morgan fingerprint density at radius 3 is 0.953 bits per heavy atom. The van der Waals surface area contributed by atoms with Gasteiger partial charge in [0, 0.05) is 29.4 Å². The summed E-state index contributed by atoms with van der Waals surface area (Å²) in [5, 5.41) is 43.5. The SMILES string of the molecule is N#[N+]C1CCCC2C3NC4NC(NC5NC(NC6NC(NC(N3)C12)C1CCCCC61)C1CCCCC51)C1CCCCC41.[Cu]. The molecule has 17 atom stereocenters. The first-order chi connectivity index (χ1) is 20.7. The van der Waals surface area contributed by atoms with Crippen molar-refractivity contribution in [3.8, 4) is 0 Å². The molecular formula is C32H55CuN10+. The Kier molecular flexibility index (Phi) is 8.60. The largest absolute Gasteiger partial charge is 0.320 e. The Balaban J connectivity index is 0.00000278. The molecule has 0 spiro atoms. The summed E-state index contributed by atoms with van der Waals surface area (Å²) >= 11 is 0. The Hall–Kier alpha value is -0.381. The number of hydrogen-bond acceptors (Lipinski definition) is 9. The van der Waals surface area contributed by atoms with Gasteiger partial charge in [0.1, 0.15) is 4.98 Å². The van der Waals surface area contributed by atoms with Crippen LogP contribution in [-0.2, 0) is 17.1 Å². The first kappa shape index (κ1) is 30.0. The predicted octanol–water partition coefficient (Wildman–Crippen LogP) is 2.43. The zero-order valence-corrected chi connectivity index (χ0v) is 26.6. The maximum Gasteiger partial charge on any atom is 0.320 e. The summed E-state index contributed by atoms with van der Waals surface area (Å²) < 4.78 is 0. The van der Waals surface area contributed by atoms with E-state index in [0.717, 1.165) is 12.8 Å². The van der Waals surface area contributed by atoms with E-state index in [0.29, 0.717) is 78.2 Å². The third-order valence-corrected chi connectivity index (χ3v) is 14.0. The van der Waals surface area contributed by atoms with Crippen molar-refractivity contribution >= 4 is 0 Å². The van der Waals surface area contributed by atoms with Crippen molar-refractivity contribution in [2.75, 3.05) is 0 Å². The third-order valence-electron chi connectivity index (χ3n) is 14.0. The summed E-state index contributed by atoms with van der Waals surface area (Å²) in [7, 11) is 0. The van der Waals surface area contributed by atoms with Crippen molar-refractivity contribution in [3.05, 3.63) is 4.98 Å². The Morgan fingerprint density at radius 2 is 0.628 bits per heavy atom. The fraction of sp³-hybridized carbons (Fsp3) is 1.00. The van der Waals surface area contributed by atoms with Gasteiger partial charge in [-0.2, -0.15) is 0 Å². The summed E-state index contributed by atoms with van der Waals surface area (Å²) in [5.74, 6) is 4.85. The van der Waals surface area contributed by atoms with Crippen LogP contribution < -0.4 is 42.5 Å². The monoisotopic (exact) mass is 642 g/mol. The zero-order chi connectivity index (χ0) is 27.8. The summed E-state index contributed by atoms with van der Waals surface area (Å²) in [5.41, 5.74) is 0. The molecule has 4 aliphatic carbocycles. The average Bonchev–Trinajstić information content (AvgIpc) is 3.76. The van der Waals surface area contributed by atoms with Gasteiger partial charge in [-0.1, -0.05) is 38.5 Å². The van der Waals surface area contributed by atoms with Gasteiger partial charge in [-0.25, -0.2) is 0 Å². The van der Waals surface area contributed by atoms with E-state index in [1.54, 1.807) is 0 Å². The van der Waals surface area contributed by atoms with E-state index in [9.17, 15) is 5.39 Å².